The number of amides is 1. The van der Waals surface area contributed by atoms with Crippen LogP contribution in [0.5, 0.6) is 5.75 Å². The molecule has 0 aliphatic heterocycles. The fraction of sp³-hybridized carbons (Fsp3) is 0.250. The maximum absolute atomic E-state index is 12.8. The molecule has 0 fully saturated rings. The highest BCUT2D eigenvalue weighted by molar-refractivity contribution is 9.10. The summed E-state index contributed by atoms with van der Waals surface area (Å²) in [6.45, 7) is 7.79. The number of carbonyl (C=O) groups excluding carboxylic acids is 1. The van der Waals surface area contributed by atoms with Crippen molar-refractivity contribution in [2.24, 2.45) is 5.10 Å². The molecule has 0 aliphatic carbocycles. The summed E-state index contributed by atoms with van der Waals surface area (Å²) in [5.74, 6) is 0.503. The number of hydrogen-bond donors (Lipinski definition) is 2. The van der Waals surface area contributed by atoms with Crippen LogP contribution in [-0.4, -0.2) is 23.7 Å². The Labute approximate surface area is 176 Å². The van der Waals surface area contributed by atoms with E-state index in [0.29, 0.717) is 11.3 Å². The number of fused-ring (bicyclic) bond motifs is 1. The summed E-state index contributed by atoms with van der Waals surface area (Å²) in [5.41, 5.74) is 8.07. The van der Waals surface area contributed by atoms with Crippen molar-refractivity contribution in [3.63, 3.8) is 0 Å². The van der Waals surface area contributed by atoms with Crippen molar-refractivity contribution >= 4 is 59.9 Å². The molecule has 0 atom stereocenters. The summed E-state index contributed by atoms with van der Waals surface area (Å²) in [4.78, 5) is 17.4. The van der Waals surface area contributed by atoms with E-state index >= 15 is 0 Å². The highest BCUT2D eigenvalue weighted by atomic mass is 79.9. The highest BCUT2D eigenvalue weighted by Crippen LogP contribution is 2.35. The quantitative estimate of drug-likeness (QED) is 0.375. The summed E-state index contributed by atoms with van der Waals surface area (Å²) >= 11 is 4.94. The van der Waals surface area contributed by atoms with Crippen molar-refractivity contribution in [3.05, 3.63) is 45.4 Å². The minimum atomic E-state index is -0.178. The molecule has 0 aliphatic rings. The number of anilines is 2. The third-order valence-corrected chi connectivity index (χ3v) is 5.86. The number of nitrogens with one attached hydrogen (secondary N) is 2. The standard InChI is InChI=1S/C20H21BrN4O2S/c1-10(2)24-25-20-22-15-8-11(3)17(12(4)18(15)28-20)23-19(26)13-6-7-16(27-5)14(21)9-13/h6-9H,1-5H3,(H,22,25)(H,23,26). The van der Waals surface area contributed by atoms with Crippen molar-refractivity contribution in [1.82, 2.24) is 4.98 Å². The van der Waals surface area contributed by atoms with Crippen LogP contribution in [0.2, 0.25) is 0 Å². The molecular formula is C20H21BrN4O2S. The topological polar surface area (TPSA) is 75.6 Å². The lowest BCUT2D eigenvalue weighted by atomic mass is 10.1. The van der Waals surface area contributed by atoms with E-state index in [1.54, 1.807) is 25.3 Å². The molecule has 3 rings (SSSR count). The number of rotatable bonds is 5. The molecule has 0 saturated carbocycles. The third-order valence-electron chi connectivity index (χ3n) is 4.14. The van der Waals surface area contributed by atoms with Crippen molar-refractivity contribution in [1.29, 1.82) is 0 Å². The van der Waals surface area contributed by atoms with Crippen LogP contribution in [0.1, 0.15) is 35.3 Å². The summed E-state index contributed by atoms with van der Waals surface area (Å²) in [6.07, 6.45) is 0. The van der Waals surface area contributed by atoms with Gasteiger partial charge in [0.1, 0.15) is 5.75 Å². The third kappa shape index (κ3) is 4.18. The Morgan fingerprint density at radius 3 is 2.64 bits per heavy atom. The Balaban J connectivity index is 1.93. The number of thiazole rings is 1. The molecule has 0 saturated heterocycles. The van der Waals surface area contributed by atoms with Gasteiger partial charge in [-0.05, 0) is 79.0 Å². The lowest BCUT2D eigenvalue weighted by Crippen LogP contribution is -2.14. The van der Waals surface area contributed by atoms with Gasteiger partial charge in [0.15, 0.2) is 0 Å². The minimum absolute atomic E-state index is 0.178. The number of hydrazone groups is 1. The second-order valence-corrected chi connectivity index (χ2v) is 8.39. The zero-order valence-electron chi connectivity index (χ0n) is 16.3. The molecule has 0 unspecified atom stereocenters. The van der Waals surface area contributed by atoms with Gasteiger partial charge >= 0.3 is 0 Å². The van der Waals surface area contributed by atoms with E-state index in [0.717, 1.165) is 42.3 Å². The lowest BCUT2D eigenvalue weighted by molar-refractivity contribution is 0.102. The first kappa shape index (κ1) is 20.3. The van der Waals surface area contributed by atoms with E-state index in [4.69, 9.17) is 4.74 Å². The molecule has 8 heteroatoms. The Kier molecular flexibility index (Phi) is 6.00. The van der Waals surface area contributed by atoms with E-state index in [1.807, 2.05) is 33.8 Å². The maximum atomic E-state index is 12.8. The molecule has 0 spiro atoms. The van der Waals surface area contributed by atoms with Crippen LogP contribution in [0.4, 0.5) is 10.8 Å². The van der Waals surface area contributed by atoms with Gasteiger partial charge in [-0.2, -0.15) is 5.10 Å². The first-order chi connectivity index (χ1) is 13.3. The Morgan fingerprint density at radius 2 is 2.00 bits per heavy atom. The predicted molar refractivity (Wildman–Crippen MR) is 120 cm³/mol. The van der Waals surface area contributed by atoms with Crippen molar-refractivity contribution in [3.8, 4) is 5.75 Å². The Morgan fingerprint density at radius 1 is 1.25 bits per heavy atom. The molecule has 3 aromatic rings. The summed E-state index contributed by atoms with van der Waals surface area (Å²) in [6, 6.07) is 7.23. The summed E-state index contributed by atoms with van der Waals surface area (Å²) in [5, 5.41) is 7.97. The number of halogens is 1. The number of ether oxygens (including phenoxy) is 1. The van der Waals surface area contributed by atoms with E-state index < -0.39 is 0 Å². The van der Waals surface area contributed by atoms with Crippen LogP contribution in [-0.2, 0) is 0 Å². The van der Waals surface area contributed by atoms with Crippen molar-refractivity contribution in [2.75, 3.05) is 17.9 Å². The second kappa shape index (κ2) is 8.28. The molecule has 6 nitrogen and oxygen atoms in total. The molecule has 1 amide bonds. The van der Waals surface area contributed by atoms with Crippen LogP contribution in [0.15, 0.2) is 33.8 Å². The van der Waals surface area contributed by atoms with Gasteiger partial charge in [-0.25, -0.2) is 4.98 Å². The molecular weight excluding hydrogens is 440 g/mol. The van der Waals surface area contributed by atoms with Gasteiger partial charge in [0.2, 0.25) is 5.13 Å². The lowest BCUT2D eigenvalue weighted by Gasteiger charge is -2.13. The Bertz CT molecular complexity index is 1090. The van der Waals surface area contributed by atoms with Crippen molar-refractivity contribution in [2.45, 2.75) is 27.7 Å². The maximum Gasteiger partial charge on any atom is 0.255 e. The summed E-state index contributed by atoms with van der Waals surface area (Å²) in [7, 11) is 1.59. The largest absolute Gasteiger partial charge is 0.496 e. The Hall–Kier alpha value is -2.45. The highest BCUT2D eigenvalue weighted by Gasteiger charge is 2.16. The number of hydrogen-bond acceptors (Lipinski definition) is 6. The number of nitrogens with zero attached hydrogens (tertiary/aromatic N) is 2. The van der Waals surface area contributed by atoms with Crippen LogP contribution in [0.25, 0.3) is 10.2 Å². The molecule has 1 aromatic heterocycles. The first-order valence-corrected chi connectivity index (χ1v) is 10.2. The van der Waals surface area contributed by atoms with Gasteiger partial charge in [0.05, 0.1) is 21.8 Å². The average molecular weight is 461 g/mol. The van der Waals surface area contributed by atoms with Gasteiger partial charge in [0.25, 0.3) is 5.91 Å². The van der Waals surface area contributed by atoms with Gasteiger partial charge in [-0.3, -0.25) is 10.2 Å². The van der Waals surface area contributed by atoms with Crippen LogP contribution in [0, 0.1) is 13.8 Å². The molecule has 146 valence electrons. The second-order valence-electron chi connectivity index (χ2n) is 6.54. The molecule has 0 radical (unpaired) electrons. The molecule has 2 N–H and O–H groups in total. The number of aromatic nitrogens is 1. The normalized spacial score (nSPS) is 10.6. The van der Waals surface area contributed by atoms with Crippen LogP contribution < -0.4 is 15.5 Å². The molecule has 2 aromatic carbocycles. The SMILES string of the molecule is COc1ccc(C(=O)Nc2c(C)cc3nc(NN=C(C)C)sc3c2C)cc1Br. The van der Waals surface area contributed by atoms with Gasteiger partial charge in [-0.1, -0.05) is 11.3 Å². The van der Waals surface area contributed by atoms with Crippen LogP contribution >= 0.6 is 27.3 Å². The number of carbonyl (C=O) groups is 1. The summed E-state index contributed by atoms with van der Waals surface area (Å²) < 4.78 is 6.97. The predicted octanol–water partition coefficient (Wildman–Crippen LogP) is 5.74. The van der Waals surface area contributed by atoms with E-state index in [2.05, 4.69) is 36.8 Å². The average Bonchev–Trinajstić information content (AvgIpc) is 3.06. The smallest absolute Gasteiger partial charge is 0.255 e. The van der Waals surface area contributed by atoms with Gasteiger partial charge in [0, 0.05) is 17.0 Å². The first-order valence-electron chi connectivity index (χ1n) is 8.62. The van der Waals surface area contributed by atoms with Crippen LogP contribution in [0.3, 0.4) is 0 Å². The molecule has 0 bridgehead atoms. The number of methoxy groups -OCH3 is 1. The van der Waals surface area contributed by atoms with Crippen molar-refractivity contribution < 1.29 is 9.53 Å². The van der Waals surface area contributed by atoms with E-state index in [1.165, 1.54) is 11.3 Å². The number of aryl methyl sites for hydroxylation is 2. The zero-order chi connectivity index (χ0) is 20.4. The number of benzene rings is 2. The monoisotopic (exact) mass is 460 g/mol. The minimum Gasteiger partial charge on any atom is -0.496 e. The van der Waals surface area contributed by atoms with Gasteiger partial charge < -0.3 is 10.1 Å². The fourth-order valence-electron chi connectivity index (χ4n) is 2.78. The van der Waals surface area contributed by atoms with Gasteiger partial charge in [-0.15, -0.1) is 0 Å². The fourth-order valence-corrected chi connectivity index (χ4v) is 4.21. The van der Waals surface area contributed by atoms with E-state index in [9.17, 15) is 4.79 Å². The molecule has 28 heavy (non-hydrogen) atoms. The zero-order valence-corrected chi connectivity index (χ0v) is 18.7. The van der Waals surface area contributed by atoms with E-state index in [-0.39, 0.29) is 5.91 Å². The molecule has 1 heterocycles.